The number of benzene rings is 2. The third kappa shape index (κ3) is 6.33. The summed E-state index contributed by atoms with van der Waals surface area (Å²) in [5, 5.41) is 11.7. The summed E-state index contributed by atoms with van der Waals surface area (Å²) in [5.41, 5.74) is 2.70. The Bertz CT molecular complexity index is 959. The fourth-order valence-corrected chi connectivity index (χ4v) is 2.71. The maximum absolute atomic E-state index is 6.00. The van der Waals surface area contributed by atoms with Gasteiger partial charge in [-0.1, -0.05) is 60.7 Å². The molecule has 0 saturated heterocycles. The van der Waals surface area contributed by atoms with Gasteiger partial charge in [0.05, 0.1) is 0 Å². The molecule has 2 aromatic carbocycles. The van der Waals surface area contributed by atoms with Gasteiger partial charge < -0.3 is 9.47 Å². The maximum Gasteiger partial charge on any atom is 0.276 e. The zero-order valence-corrected chi connectivity index (χ0v) is 17.2. The van der Waals surface area contributed by atoms with E-state index < -0.39 is 10.0 Å². The predicted molar refractivity (Wildman–Crippen MR) is 116 cm³/mol. The Labute approximate surface area is 168 Å². The molecule has 0 aliphatic rings. The van der Waals surface area contributed by atoms with E-state index in [0.717, 1.165) is 11.1 Å². The summed E-state index contributed by atoms with van der Waals surface area (Å²) < 4.78 is 11.9. The average Bonchev–Trinajstić information content (AvgIpc) is 2.71. The highest BCUT2D eigenvalue weighted by molar-refractivity contribution is 8.35. The Kier molecular flexibility index (Phi) is 6.57. The molecule has 5 heteroatoms. The monoisotopic (exact) mass is 392 g/mol. The smallest absolute Gasteiger partial charge is 0.276 e. The Balaban J connectivity index is 1.80. The van der Waals surface area contributed by atoms with Crippen molar-refractivity contribution in [2.75, 3.05) is 18.8 Å². The molecule has 1 aromatic heterocycles. The average molecular weight is 393 g/mol. The first-order valence-electron chi connectivity index (χ1n) is 8.92. The second-order valence-electron chi connectivity index (χ2n) is 7.01. The van der Waals surface area contributed by atoms with Gasteiger partial charge in [-0.3, -0.25) is 0 Å². The van der Waals surface area contributed by atoms with Crippen molar-refractivity contribution in [1.29, 1.82) is 0 Å². The minimum Gasteiger partial charge on any atom is -0.483 e. The SMILES string of the molecule is CS(C)(C)C#Cc1cc(OCc2ccccc2)c(OCc2ccccc2)nn1. The molecule has 4 nitrogen and oxygen atoms in total. The normalized spacial score (nSPS) is 11.2. The van der Waals surface area contributed by atoms with Crippen LogP contribution in [0.3, 0.4) is 0 Å². The third-order valence-electron chi connectivity index (χ3n) is 3.67. The quantitative estimate of drug-likeness (QED) is 0.574. The van der Waals surface area contributed by atoms with Crippen molar-refractivity contribution in [1.82, 2.24) is 10.2 Å². The molecule has 0 unspecified atom stereocenters. The van der Waals surface area contributed by atoms with E-state index in [0.29, 0.717) is 30.5 Å². The van der Waals surface area contributed by atoms with Gasteiger partial charge in [-0.2, -0.15) is 10.0 Å². The van der Waals surface area contributed by atoms with Crippen molar-refractivity contribution in [2.45, 2.75) is 13.2 Å². The Hall–Kier alpha value is -2.97. The lowest BCUT2D eigenvalue weighted by Gasteiger charge is -2.15. The molecule has 0 amide bonds. The number of aromatic nitrogens is 2. The molecule has 144 valence electrons. The fraction of sp³-hybridized carbons (Fsp3) is 0.217. The molecule has 28 heavy (non-hydrogen) atoms. The summed E-state index contributed by atoms with van der Waals surface area (Å²) in [6, 6.07) is 21.7. The molecule has 0 fully saturated rings. The summed E-state index contributed by atoms with van der Waals surface area (Å²) in [5.74, 6) is 4.02. The lowest BCUT2D eigenvalue weighted by atomic mass is 10.2. The van der Waals surface area contributed by atoms with E-state index in [-0.39, 0.29) is 0 Å². The minimum atomic E-state index is -0.948. The molecule has 3 aromatic rings. The van der Waals surface area contributed by atoms with E-state index in [9.17, 15) is 0 Å². The highest BCUT2D eigenvalue weighted by atomic mass is 32.3. The van der Waals surface area contributed by atoms with Crippen LogP contribution in [0, 0.1) is 11.2 Å². The van der Waals surface area contributed by atoms with Gasteiger partial charge in [0.15, 0.2) is 5.75 Å². The highest BCUT2D eigenvalue weighted by Gasteiger charge is 2.11. The molecule has 0 atom stereocenters. The molecule has 0 radical (unpaired) electrons. The third-order valence-corrected chi connectivity index (χ3v) is 4.38. The van der Waals surface area contributed by atoms with E-state index in [1.165, 1.54) is 0 Å². The van der Waals surface area contributed by atoms with Crippen molar-refractivity contribution in [3.05, 3.63) is 83.6 Å². The van der Waals surface area contributed by atoms with Crippen LogP contribution in [0.5, 0.6) is 11.6 Å². The second kappa shape index (κ2) is 9.29. The van der Waals surface area contributed by atoms with Crippen LogP contribution in [0.4, 0.5) is 0 Å². The van der Waals surface area contributed by atoms with Gasteiger partial charge in [0.1, 0.15) is 18.9 Å². The Morgan fingerprint density at radius 3 is 1.93 bits per heavy atom. The van der Waals surface area contributed by atoms with Gasteiger partial charge in [-0.25, -0.2) is 0 Å². The van der Waals surface area contributed by atoms with Crippen molar-refractivity contribution >= 4 is 10.0 Å². The second-order valence-corrected chi connectivity index (χ2v) is 10.9. The standard InChI is InChI=1S/C23H24N2O2S/c1-28(2,3)15-14-21-16-22(26-17-19-10-6-4-7-11-19)23(25-24-21)27-18-20-12-8-5-9-13-20/h4-13,16H,17-18H2,1-3H3. The molecule has 0 aliphatic heterocycles. The van der Waals surface area contributed by atoms with Crippen molar-refractivity contribution in [2.24, 2.45) is 0 Å². The number of nitrogens with zero attached hydrogens (tertiary/aromatic N) is 2. The molecule has 3 rings (SSSR count). The van der Waals surface area contributed by atoms with Gasteiger partial charge in [-0.15, -0.1) is 10.2 Å². The molecule has 1 heterocycles. The van der Waals surface area contributed by atoms with Crippen LogP contribution in [0.25, 0.3) is 0 Å². The maximum atomic E-state index is 6.00. The van der Waals surface area contributed by atoms with E-state index in [1.807, 2.05) is 60.7 Å². The van der Waals surface area contributed by atoms with E-state index in [4.69, 9.17) is 9.47 Å². The van der Waals surface area contributed by atoms with Crippen LogP contribution in [0.1, 0.15) is 16.8 Å². The van der Waals surface area contributed by atoms with Crippen molar-refractivity contribution < 1.29 is 9.47 Å². The summed E-state index contributed by atoms with van der Waals surface area (Å²) >= 11 is 0. The van der Waals surface area contributed by atoms with Crippen LogP contribution >= 0.6 is 10.0 Å². The number of ether oxygens (including phenoxy) is 2. The number of hydrogen-bond donors (Lipinski definition) is 0. The molecular formula is C23H24N2O2S. The van der Waals surface area contributed by atoms with Crippen molar-refractivity contribution in [3.8, 4) is 22.8 Å². The molecule has 0 bridgehead atoms. The largest absolute Gasteiger partial charge is 0.483 e. The molecule has 0 saturated carbocycles. The lowest BCUT2D eigenvalue weighted by molar-refractivity contribution is 0.244. The molecule has 0 aliphatic carbocycles. The lowest BCUT2D eigenvalue weighted by Crippen LogP contribution is -2.04. The molecular weight excluding hydrogens is 368 g/mol. The zero-order chi connectivity index (χ0) is 19.8. The van der Waals surface area contributed by atoms with E-state index in [2.05, 4.69) is 40.1 Å². The number of hydrogen-bond acceptors (Lipinski definition) is 4. The van der Waals surface area contributed by atoms with Gasteiger partial charge in [0.2, 0.25) is 0 Å². The summed E-state index contributed by atoms with van der Waals surface area (Å²) in [6.45, 7) is 0.819. The van der Waals surface area contributed by atoms with Crippen LogP contribution in [0.15, 0.2) is 66.7 Å². The van der Waals surface area contributed by atoms with Gasteiger partial charge in [0.25, 0.3) is 5.88 Å². The minimum absolute atomic E-state index is 0.369. The van der Waals surface area contributed by atoms with Crippen molar-refractivity contribution in [3.63, 3.8) is 0 Å². The summed E-state index contributed by atoms with van der Waals surface area (Å²) in [7, 11) is -0.948. The topological polar surface area (TPSA) is 44.2 Å². The molecule has 0 N–H and O–H groups in total. The van der Waals surface area contributed by atoms with Gasteiger partial charge in [-0.05, 0) is 41.1 Å². The summed E-state index contributed by atoms with van der Waals surface area (Å²) in [4.78, 5) is 0. The van der Waals surface area contributed by atoms with Crippen LogP contribution in [-0.4, -0.2) is 29.0 Å². The Morgan fingerprint density at radius 2 is 1.36 bits per heavy atom. The highest BCUT2D eigenvalue weighted by Crippen LogP contribution is 2.32. The van der Waals surface area contributed by atoms with Gasteiger partial charge in [0, 0.05) is 6.07 Å². The fourth-order valence-electron chi connectivity index (χ4n) is 2.29. The first kappa shape index (κ1) is 19.8. The van der Waals surface area contributed by atoms with Gasteiger partial charge >= 0.3 is 0 Å². The zero-order valence-electron chi connectivity index (χ0n) is 16.4. The van der Waals surface area contributed by atoms with E-state index in [1.54, 1.807) is 6.07 Å². The predicted octanol–water partition coefficient (Wildman–Crippen LogP) is 4.64. The van der Waals surface area contributed by atoms with Crippen LogP contribution in [-0.2, 0) is 13.2 Å². The first-order chi connectivity index (χ1) is 13.5. The van der Waals surface area contributed by atoms with Crippen LogP contribution in [0.2, 0.25) is 0 Å². The summed E-state index contributed by atoms with van der Waals surface area (Å²) in [6.07, 6.45) is 6.41. The Morgan fingerprint density at radius 1 is 0.786 bits per heavy atom. The number of rotatable bonds is 6. The first-order valence-corrected chi connectivity index (χ1v) is 11.8. The molecule has 0 spiro atoms. The van der Waals surface area contributed by atoms with Crippen LogP contribution < -0.4 is 9.47 Å². The van der Waals surface area contributed by atoms with E-state index >= 15 is 0 Å².